The third-order valence-corrected chi connectivity index (χ3v) is 7.26. The molecule has 0 aliphatic heterocycles. The third kappa shape index (κ3) is 3.61. The van der Waals surface area contributed by atoms with E-state index in [2.05, 4.69) is 5.32 Å². The average Bonchev–Trinajstić information content (AvgIpc) is 2.89. The van der Waals surface area contributed by atoms with Gasteiger partial charge in [0.1, 0.15) is 41.2 Å². The van der Waals surface area contributed by atoms with Gasteiger partial charge in [0.2, 0.25) is 0 Å². The predicted molar refractivity (Wildman–Crippen MR) is 136 cm³/mol. The number of ether oxygens (including phenoxy) is 1. The highest BCUT2D eigenvalue weighted by molar-refractivity contribution is 6.31. The van der Waals surface area contributed by atoms with Crippen LogP contribution in [0.25, 0.3) is 11.1 Å². The number of aromatic hydroxyl groups is 3. The lowest BCUT2D eigenvalue weighted by Crippen LogP contribution is -2.38. The minimum atomic E-state index is -1.72. The molecule has 40 heavy (non-hydrogen) atoms. The van der Waals surface area contributed by atoms with E-state index in [-0.39, 0.29) is 55.8 Å². The van der Waals surface area contributed by atoms with Crippen LogP contribution in [0.5, 0.6) is 23.0 Å². The van der Waals surface area contributed by atoms with Crippen molar-refractivity contribution in [2.75, 3.05) is 7.11 Å². The van der Waals surface area contributed by atoms with Crippen LogP contribution in [-0.4, -0.2) is 67.2 Å². The van der Waals surface area contributed by atoms with Crippen molar-refractivity contribution in [3.05, 3.63) is 68.8 Å². The van der Waals surface area contributed by atoms with Crippen LogP contribution >= 0.6 is 0 Å². The van der Waals surface area contributed by atoms with Gasteiger partial charge in [-0.25, -0.2) is 0 Å². The lowest BCUT2D eigenvalue weighted by molar-refractivity contribution is -0.138. The second-order valence-corrected chi connectivity index (χ2v) is 9.64. The molecule has 0 aromatic heterocycles. The Kier molecular flexibility index (Phi) is 6.05. The largest absolute Gasteiger partial charge is 0.507 e. The van der Waals surface area contributed by atoms with Crippen LogP contribution in [0.15, 0.2) is 24.3 Å². The molecule has 12 heteroatoms. The smallest absolute Gasteiger partial charge is 0.325 e. The van der Waals surface area contributed by atoms with Crippen molar-refractivity contribution in [1.82, 2.24) is 5.32 Å². The van der Waals surface area contributed by atoms with Gasteiger partial charge >= 0.3 is 5.97 Å². The number of carbonyl (C=O) groups excluding carboxylic acids is 3. The molecule has 2 aliphatic carbocycles. The number of hydrogen-bond donors (Lipinski definition) is 7. The monoisotopic (exact) mass is 549 g/mol. The van der Waals surface area contributed by atoms with Crippen molar-refractivity contribution in [2.45, 2.75) is 32.1 Å². The first kappa shape index (κ1) is 26.7. The van der Waals surface area contributed by atoms with Gasteiger partial charge in [0.15, 0.2) is 11.6 Å². The molecule has 7 N–H and O–H groups in total. The fourth-order valence-corrected chi connectivity index (χ4v) is 5.28. The van der Waals surface area contributed by atoms with Gasteiger partial charge in [-0.15, -0.1) is 0 Å². The number of carboxylic acids is 1. The van der Waals surface area contributed by atoms with Crippen molar-refractivity contribution in [1.29, 1.82) is 0 Å². The fourth-order valence-electron chi connectivity index (χ4n) is 5.28. The number of rotatable bonds is 4. The van der Waals surface area contributed by atoms with E-state index in [1.165, 1.54) is 33.1 Å². The lowest BCUT2D eigenvalue weighted by Gasteiger charge is -2.33. The molecule has 0 saturated carbocycles. The van der Waals surface area contributed by atoms with E-state index in [0.29, 0.717) is 0 Å². The maximum absolute atomic E-state index is 13.6. The van der Waals surface area contributed by atoms with Gasteiger partial charge in [0.25, 0.3) is 5.91 Å². The Morgan fingerprint density at radius 2 is 1.40 bits per heavy atom. The van der Waals surface area contributed by atoms with Crippen LogP contribution < -0.4 is 10.1 Å². The fraction of sp³-hybridized carbons (Fsp3) is 0.214. The van der Waals surface area contributed by atoms with Crippen LogP contribution in [0.4, 0.5) is 0 Å². The number of phenolic OH excluding ortho intramolecular Hbond substituents is 3. The molecule has 2 aliphatic rings. The quantitative estimate of drug-likeness (QED) is 0.195. The zero-order valence-corrected chi connectivity index (χ0v) is 21.3. The molecule has 5 rings (SSSR count). The summed E-state index contributed by atoms with van der Waals surface area (Å²) in [4.78, 5) is 51.2. The number of aliphatic hydroxyl groups excluding tert-OH is 2. The summed E-state index contributed by atoms with van der Waals surface area (Å²) in [5.41, 5.74) is -2.56. The Hall–Kier alpha value is -4.94. The number of aryl methyl sites for hydroxylation is 1. The molecule has 1 unspecified atom stereocenters. The first-order valence-electron chi connectivity index (χ1n) is 12.0. The SMILES string of the molecule is COc1cc(O)c2c(c1)C(=O)c1c(cc3c(c1O)-c1c(cc(C)c(C(=O)NC(C)C(=O)O)c1O)[C@H](O)[C@H]3O)C2=O. The number of methoxy groups -OCH3 is 1. The Bertz CT molecular complexity index is 1690. The van der Waals surface area contributed by atoms with Crippen molar-refractivity contribution in [2.24, 2.45) is 0 Å². The summed E-state index contributed by atoms with van der Waals surface area (Å²) in [6.07, 6.45) is -3.41. The molecule has 0 fully saturated rings. The van der Waals surface area contributed by atoms with Crippen LogP contribution in [-0.2, 0) is 4.79 Å². The van der Waals surface area contributed by atoms with Crippen molar-refractivity contribution in [3.8, 4) is 34.1 Å². The zero-order chi connectivity index (χ0) is 29.4. The highest BCUT2D eigenvalue weighted by Crippen LogP contribution is 2.55. The van der Waals surface area contributed by atoms with E-state index in [4.69, 9.17) is 9.84 Å². The summed E-state index contributed by atoms with van der Waals surface area (Å²) in [7, 11) is 1.29. The van der Waals surface area contributed by atoms with E-state index in [1.807, 2.05) is 0 Å². The summed E-state index contributed by atoms with van der Waals surface area (Å²) in [6, 6.07) is 3.41. The molecule has 1 amide bonds. The zero-order valence-electron chi connectivity index (χ0n) is 21.3. The minimum absolute atomic E-state index is 0.0709. The van der Waals surface area contributed by atoms with Gasteiger partial charge in [-0.1, -0.05) is 6.07 Å². The third-order valence-electron chi connectivity index (χ3n) is 7.26. The first-order valence-corrected chi connectivity index (χ1v) is 12.0. The number of carbonyl (C=O) groups is 4. The Labute approximate surface area is 225 Å². The molecule has 3 aromatic carbocycles. The van der Waals surface area contributed by atoms with Gasteiger partial charge < -0.3 is 40.7 Å². The van der Waals surface area contributed by atoms with E-state index in [1.54, 1.807) is 0 Å². The van der Waals surface area contributed by atoms with Gasteiger partial charge in [-0.05, 0) is 42.7 Å². The first-order chi connectivity index (χ1) is 18.8. The summed E-state index contributed by atoms with van der Waals surface area (Å²) < 4.78 is 5.08. The molecule has 0 heterocycles. The number of carboxylic acid groups (broad SMARTS) is 1. The number of phenols is 3. The molecule has 206 valence electrons. The number of nitrogens with one attached hydrogen (secondary N) is 1. The number of amides is 1. The summed E-state index contributed by atoms with van der Waals surface area (Å²) in [5, 5.41) is 66.4. The summed E-state index contributed by atoms with van der Waals surface area (Å²) >= 11 is 0. The van der Waals surface area contributed by atoms with Gasteiger partial charge in [-0.3, -0.25) is 19.2 Å². The second kappa shape index (κ2) is 9.07. The maximum atomic E-state index is 13.6. The highest BCUT2D eigenvalue weighted by Gasteiger charge is 2.43. The van der Waals surface area contributed by atoms with Crippen LogP contribution in [0.2, 0.25) is 0 Å². The molecule has 12 nitrogen and oxygen atoms in total. The molecule has 0 spiro atoms. The number of aliphatic hydroxyl groups is 2. The van der Waals surface area contributed by atoms with Crippen molar-refractivity contribution >= 4 is 23.4 Å². The summed E-state index contributed by atoms with van der Waals surface area (Å²) in [6.45, 7) is 2.63. The van der Waals surface area contributed by atoms with Gasteiger partial charge in [0.05, 0.1) is 23.8 Å². The lowest BCUT2D eigenvalue weighted by atomic mass is 9.74. The molecular weight excluding hydrogens is 526 g/mol. The normalized spacial score (nSPS) is 17.7. The highest BCUT2D eigenvalue weighted by atomic mass is 16.5. The Balaban J connectivity index is 1.79. The topological polar surface area (TPSA) is 211 Å². The van der Waals surface area contributed by atoms with Crippen LogP contribution in [0, 0.1) is 6.92 Å². The van der Waals surface area contributed by atoms with E-state index >= 15 is 0 Å². The number of fused-ring (bicyclic) bond motifs is 5. The van der Waals surface area contributed by atoms with Crippen LogP contribution in [0.3, 0.4) is 0 Å². The Morgan fingerprint density at radius 1 is 0.850 bits per heavy atom. The number of hydrogen-bond acceptors (Lipinski definition) is 10. The summed E-state index contributed by atoms with van der Waals surface area (Å²) in [5.74, 6) is -6.02. The maximum Gasteiger partial charge on any atom is 0.325 e. The standard InChI is InChI=1S/C28H23NO11/c1-8-4-11-18(25(35)16(8)27(37)29-9(2)28(38)39)19-13(24(34)23(11)33)7-14-20(26(19)36)22(32)12-5-10(40-3)6-15(30)17(12)21(14)31/h4-7,9,23-24,30,33-36H,1-3H3,(H,29,37)(H,38,39)/t9?,23-,24-/m0/s1. The molecule has 0 radical (unpaired) electrons. The minimum Gasteiger partial charge on any atom is -0.507 e. The molecule has 0 bridgehead atoms. The molecule has 3 aromatic rings. The molecule has 3 atom stereocenters. The van der Waals surface area contributed by atoms with Gasteiger partial charge in [-0.2, -0.15) is 0 Å². The molecule has 0 saturated heterocycles. The van der Waals surface area contributed by atoms with Crippen LogP contribution in [0.1, 0.15) is 78.0 Å². The second-order valence-electron chi connectivity index (χ2n) is 9.64. The number of benzene rings is 3. The van der Waals surface area contributed by atoms with Crippen molar-refractivity contribution in [3.63, 3.8) is 0 Å². The van der Waals surface area contributed by atoms with Crippen molar-refractivity contribution < 1.29 is 54.6 Å². The van der Waals surface area contributed by atoms with E-state index in [0.717, 1.165) is 12.1 Å². The average molecular weight is 549 g/mol. The number of ketones is 2. The predicted octanol–water partition coefficient (Wildman–Crippen LogP) is 1.85. The molecular formula is C28H23NO11. The van der Waals surface area contributed by atoms with E-state index in [9.17, 15) is 44.7 Å². The Morgan fingerprint density at radius 3 is 2.00 bits per heavy atom. The van der Waals surface area contributed by atoms with Gasteiger partial charge in [0, 0.05) is 28.3 Å². The van der Waals surface area contributed by atoms with E-state index < -0.39 is 64.5 Å². The number of aliphatic carboxylic acids is 1.